The Morgan fingerprint density at radius 1 is 1.00 bits per heavy atom. The average Bonchev–Trinajstić information content (AvgIpc) is 2.70. The molecule has 0 saturated carbocycles. The third-order valence-corrected chi connectivity index (χ3v) is 4.17. The van der Waals surface area contributed by atoms with Crippen LogP contribution in [0.1, 0.15) is 22.8 Å². The largest absolute Gasteiger partial charge is 0.339 e. The maximum atomic E-state index is 12.7. The Balaban J connectivity index is 1.68. The number of amides is 1. The number of carbonyl (C=O) groups is 1. The highest BCUT2D eigenvalue weighted by Gasteiger charge is 2.14. The quantitative estimate of drug-likeness (QED) is 0.689. The fourth-order valence-electron chi connectivity index (χ4n) is 2.70. The van der Waals surface area contributed by atoms with Gasteiger partial charge in [0, 0.05) is 37.2 Å². The third kappa shape index (κ3) is 4.29. The SMILES string of the molecule is CCN(CCc1ccncc1)C(=O)c1ccc(-c2ccccc2)nc1. The molecule has 0 bridgehead atoms. The molecule has 0 aliphatic heterocycles. The first kappa shape index (κ1) is 16.8. The van der Waals surface area contributed by atoms with Crippen molar-refractivity contribution in [3.05, 3.63) is 84.3 Å². The smallest absolute Gasteiger partial charge is 0.255 e. The van der Waals surface area contributed by atoms with E-state index >= 15 is 0 Å². The molecule has 4 heteroatoms. The maximum absolute atomic E-state index is 12.7. The van der Waals surface area contributed by atoms with Crippen molar-refractivity contribution in [2.24, 2.45) is 0 Å². The van der Waals surface area contributed by atoms with Gasteiger partial charge in [-0.1, -0.05) is 30.3 Å². The van der Waals surface area contributed by atoms with Gasteiger partial charge in [-0.3, -0.25) is 14.8 Å². The highest BCUT2D eigenvalue weighted by molar-refractivity contribution is 5.94. The average molecular weight is 331 g/mol. The van der Waals surface area contributed by atoms with E-state index in [0.29, 0.717) is 18.7 Å². The molecular formula is C21H21N3O. The number of hydrogen-bond donors (Lipinski definition) is 0. The van der Waals surface area contributed by atoms with Crippen molar-refractivity contribution in [1.82, 2.24) is 14.9 Å². The van der Waals surface area contributed by atoms with Crippen LogP contribution < -0.4 is 0 Å². The molecule has 25 heavy (non-hydrogen) atoms. The van der Waals surface area contributed by atoms with Crippen molar-refractivity contribution in [2.75, 3.05) is 13.1 Å². The first-order valence-electron chi connectivity index (χ1n) is 8.47. The predicted molar refractivity (Wildman–Crippen MR) is 99.2 cm³/mol. The van der Waals surface area contributed by atoms with E-state index in [2.05, 4.69) is 9.97 Å². The lowest BCUT2D eigenvalue weighted by atomic mass is 10.1. The van der Waals surface area contributed by atoms with Crippen LogP contribution in [0.25, 0.3) is 11.3 Å². The molecule has 2 heterocycles. The summed E-state index contributed by atoms with van der Waals surface area (Å²) < 4.78 is 0. The molecule has 0 radical (unpaired) electrons. The van der Waals surface area contributed by atoms with Crippen molar-refractivity contribution in [3.63, 3.8) is 0 Å². The van der Waals surface area contributed by atoms with Gasteiger partial charge < -0.3 is 4.90 Å². The molecule has 4 nitrogen and oxygen atoms in total. The summed E-state index contributed by atoms with van der Waals surface area (Å²) in [5.74, 6) is 0.0173. The van der Waals surface area contributed by atoms with E-state index in [1.165, 1.54) is 5.56 Å². The van der Waals surface area contributed by atoms with Crippen LogP contribution in [0.5, 0.6) is 0 Å². The topological polar surface area (TPSA) is 46.1 Å². The summed E-state index contributed by atoms with van der Waals surface area (Å²) in [5, 5.41) is 0. The first-order valence-corrected chi connectivity index (χ1v) is 8.47. The fraction of sp³-hybridized carbons (Fsp3) is 0.190. The highest BCUT2D eigenvalue weighted by Crippen LogP contribution is 2.17. The van der Waals surface area contributed by atoms with Crippen LogP contribution in [0.3, 0.4) is 0 Å². The summed E-state index contributed by atoms with van der Waals surface area (Å²) in [7, 11) is 0. The lowest BCUT2D eigenvalue weighted by molar-refractivity contribution is 0.0766. The van der Waals surface area contributed by atoms with Crippen molar-refractivity contribution < 1.29 is 4.79 Å². The number of likely N-dealkylation sites (N-methyl/N-ethyl adjacent to an activating group) is 1. The van der Waals surface area contributed by atoms with Crippen molar-refractivity contribution in [1.29, 1.82) is 0 Å². The van der Waals surface area contributed by atoms with E-state index < -0.39 is 0 Å². The fourth-order valence-corrected chi connectivity index (χ4v) is 2.70. The van der Waals surface area contributed by atoms with Crippen LogP contribution >= 0.6 is 0 Å². The van der Waals surface area contributed by atoms with E-state index in [-0.39, 0.29) is 5.91 Å². The number of benzene rings is 1. The standard InChI is InChI=1S/C21H21N3O/c1-2-24(15-12-17-10-13-22-14-11-17)21(25)19-8-9-20(23-16-19)18-6-4-3-5-7-18/h3-11,13-14,16H,2,12,15H2,1H3. The van der Waals surface area contributed by atoms with Gasteiger partial charge in [-0.05, 0) is 43.2 Å². The first-order chi connectivity index (χ1) is 12.3. The monoisotopic (exact) mass is 331 g/mol. The molecule has 0 fully saturated rings. The third-order valence-electron chi connectivity index (χ3n) is 4.17. The Morgan fingerprint density at radius 3 is 2.40 bits per heavy atom. The van der Waals surface area contributed by atoms with Gasteiger partial charge in [0.2, 0.25) is 0 Å². The molecule has 1 amide bonds. The summed E-state index contributed by atoms with van der Waals surface area (Å²) in [4.78, 5) is 23.0. The number of carbonyl (C=O) groups excluding carboxylic acids is 1. The van der Waals surface area contributed by atoms with Crippen LogP contribution in [0, 0.1) is 0 Å². The maximum Gasteiger partial charge on any atom is 0.255 e. The Morgan fingerprint density at radius 2 is 1.76 bits per heavy atom. The highest BCUT2D eigenvalue weighted by atomic mass is 16.2. The second-order valence-electron chi connectivity index (χ2n) is 5.79. The van der Waals surface area contributed by atoms with Gasteiger partial charge in [0.05, 0.1) is 11.3 Å². The van der Waals surface area contributed by atoms with Gasteiger partial charge >= 0.3 is 0 Å². The second-order valence-corrected chi connectivity index (χ2v) is 5.79. The minimum atomic E-state index is 0.0173. The van der Waals surface area contributed by atoms with Crippen molar-refractivity contribution in [3.8, 4) is 11.3 Å². The molecule has 0 aliphatic carbocycles. The number of nitrogens with zero attached hydrogens (tertiary/aromatic N) is 3. The number of pyridine rings is 2. The molecule has 3 aromatic rings. The lowest BCUT2D eigenvalue weighted by Gasteiger charge is -2.21. The van der Waals surface area contributed by atoms with Gasteiger partial charge in [-0.15, -0.1) is 0 Å². The number of aromatic nitrogens is 2. The Hall–Kier alpha value is -3.01. The number of rotatable bonds is 6. The van der Waals surface area contributed by atoms with Crippen LogP contribution in [0.15, 0.2) is 73.2 Å². The minimum Gasteiger partial charge on any atom is -0.339 e. The van der Waals surface area contributed by atoms with E-state index in [9.17, 15) is 4.79 Å². The minimum absolute atomic E-state index is 0.0173. The molecule has 0 aliphatic rings. The zero-order valence-electron chi connectivity index (χ0n) is 14.3. The van der Waals surface area contributed by atoms with E-state index in [4.69, 9.17) is 0 Å². The Kier molecular flexibility index (Phi) is 5.52. The van der Waals surface area contributed by atoms with Gasteiger partial charge in [0.15, 0.2) is 0 Å². The number of hydrogen-bond acceptors (Lipinski definition) is 3. The van der Waals surface area contributed by atoms with Gasteiger partial charge in [-0.25, -0.2) is 0 Å². The summed E-state index contributed by atoms with van der Waals surface area (Å²) >= 11 is 0. The van der Waals surface area contributed by atoms with Gasteiger partial charge in [-0.2, -0.15) is 0 Å². The van der Waals surface area contributed by atoms with Gasteiger partial charge in [0.1, 0.15) is 0 Å². The zero-order chi connectivity index (χ0) is 17.5. The zero-order valence-corrected chi connectivity index (χ0v) is 14.3. The predicted octanol–water partition coefficient (Wildman–Crippen LogP) is 3.85. The molecule has 0 saturated heterocycles. The summed E-state index contributed by atoms with van der Waals surface area (Å²) in [6.07, 6.45) is 6.04. The molecule has 2 aromatic heterocycles. The summed E-state index contributed by atoms with van der Waals surface area (Å²) in [6, 6.07) is 17.7. The van der Waals surface area contributed by atoms with E-state index in [1.54, 1.807) is 18.6 Å². The summed E-state index contributed by atoms with van der Waals surface area (Å²) in [6.45, 7) is 3.35. The van der Waals surface area contributed by atoms with Crippen molar-refractivity contribution in [2.45, 2.75) is 13.3 Å². The normalized spacial score (nSPS) is 10.4. The molecule has 0 spiro atoms. The van der Waals surface area contributed by atoms with Crippen LogP contribution in [-0.2, 0) is 6.42 Å². The van der Waals surface area contributed by atoms with Crippen LogP contribution in [0.4, 0.5) is 0 Å². The Labute approximate surface area is 148 Å². The molecule has 3 rings (SSSR count). The van der Waals surface area contributed by atoms with E-state index in [1.807, 2.05) is 66.4 Å². The van der Waals surface area contributed by atoms with Crippen LogP contribution in [0.2, 0.25) is 0 Å². The molecule has 126 valence electrons. The Bertz CT molecular complexity index is 802. The van der Waals surface area contributed by atoms with Gasteiger partial charge in [0.25, 0.3) is 5.91 Å². The van der Waals surface area contributed by atoms with E-state index in [0.717, 1.165) is 17.7 Å². The summed E-state index contributed by atoms with van der Waals surface area (Å²) in [5.41, 5.74) is 3.72. The molecule has 0 N–H and O–H groups in total. The molecule has 0 atom stereocenters. The molecular weight excluding hydrogens is 310 g/mol. The van der Waals surface area contributed by atoms with Crippen molar-refractivity contribution >= 4 is 5.91 Å². The molecule has 1 aromatic carbocycles. The van der Waals surface area contributed by atoms with Crippen LogP contribution in [-0.4, -0.2) is 33.9 Å². The lowest BCUT2D eigenvalue weighted by Crippen LogP contribution is -2.32. The second kappa shape index (κ2) is 8.20. The molecule has 0 unspecified atom stereocenters.